The number of carbonyl (C=O) groups is 2. The van der Waals surface area contributed by atoms with E-state index in [1.165, 1.54) is 11.8 Å². The normalized spacial score (nSPS) is 13.3. The highest BCUT2D eigenvalue weighted by molar-refractivity contribution is 5.94. The molecule has 1 saturated carbocycles. The van der Waals surface area contributed by atoms with Crippen LogP contribution >= 0.6 is 0 Å². The third kappa shape index (κ3) is 4.45. The van der Waals surface area contributed by atoms with Gasteiger partial charge in [0.1, 0.15) is 5.69 Å². The quantitative estimate of drug-likeness (QED) is 0.867. The Morgan fingerprint density at radius 3 is 2.50 bits per heavy atom. The SMILES string of the molecule is Cc1cnc(C(=O)N(CCC(=O)Nc2ccc(C)c(C)c2)C2CC2)cn1. The summed E-state index contributed by atoms with van der Waals surface area (Å²) < 4.78 is 0. The van der Waals surface area contributed by atoms with E-state index in [1.54, 1.807) is 11.1 Å². The fourth-order valence-corrected chi connectivity index (χ4v) is 2.75. The van der Waals surface area contributed by atoms with Crippen molar-refractivity contribution in [2.24, 2.45) is 0 Å². The van der Waals surface area contributed by atoms with Gasteiger partial charge in [-0.3, -0.25) is 14.6 Å². The topological polar surface area (TPSA) is 75.2 Å². The van der Waals surface area contributed by atoms with Gasteiger partial charge in [0.05, 0.1) is 11.9 Å². The highest BCUT2D eigenvalue weighted by Gasteiger charge is 2.33. The first-order valence-corrected chi connectivity index (χ1v) is 8.91. The smallest absolute Gasteiger partial charge is 0.274 e. The van der Waals surface area contributed by atoms with Gasteiger partial charge in [-0.1, -0.05) is 6.07 Å². The zero-order valence-electron chi connectivity index (χ0n) is 15.5. The molecule has 2 aromatic rings. The Hall–Kier alpha value is -2.76. The van der Waals surface area contributed by atoms with Crippen molar-refractivity contribution in [3.05, 3.63) is 53.1 Å². The molecule has 0 spiro atoms. The zero-order valence-corrected chi connectivity index (χ0v) is 15.5. The predicted octanol–water partition coefficient (Wildman–Crippen LogP) is 3.04. The average molecular weight is 352 g/mol. The molecule has 0 unspecified atom stereocenters. The largest absolute Gasteiger partial charge is 0.334 e. The minimum atomic E-state index is -0.154. The molecule has 136 valence electrons. The second kappa shape index (κ2) is 7.64. The Morgan fingerprint density at radius 2 is 1.88 bits per heavy atom. The molecule has 1 aliphatic carbocycles. The Labute approximate surface area is 153 Å². The Bertz CT molecular complexity index is 813. The molecule has 1 aliphatic rings. The Balaban J connectivity index is 1.60. The average Bonchev–Trinajstić information content (AvgIpc) is 3.44. The summed E-state index contributed by atoms with van der Waals surface area (Å²) in [5.74, 6) is -0.249. The van der Waals surface area contributed by atoms with Gasteiger partial charge in [-0.05, 0) is 56.9 Å². The molecule has 0 saturated heterocycles. The van der Waals surface area contributed by atoms with E-state index in [4.69, 9.17) is 0 Å². The molecule has 3 rings (SSSR count). The van der Waals surface area contributed by atoms with Gasteiger partial charge >= 0.3 is 0 Å². The van der Waals surface area contributed by atoms with Gasteiger partial charge in [-0.25, -0.2) is 4.98 Å². The lowest BCUT2D eigenvalue weighted by molar-refractivity contribution is -0.116. The first-order chi connectivity index (χ1) is 12.4. The summed E-state index contributed by atoms with van der Waals surface area (Å²) in [6.07, 6.45) is 5.30. The van der Waals surface area contributed by atoms with E-state index in [0.29, 0.717) is 12.2 Å². The fraction of sp³-hybridized carbons (Fsp3) is 0.400. The maximum Gasteiger partial charge on any atom is 0.274 e. The van der Waals surface area contributed by atoms with Crippen LogP contribution in [0.4, 0.5) is 5.69 Å². The van der Waals surface area contributed by atoms with Crippen LogP contribution in [0.15, 0.2) is 30.6 Å². The fourth-order valence-electron chi connectivity index (χ4n) is 2.75. The summed E-state index contributed by atoms with van der Waals surface area (Å²) >= 11 is 0. The molecule has 1 aromatic carbocycles. The van der Waals surface area contributed by atoms with Crippen LogP contribution in [0.5, 0.6) is 0 Å². The number of nitrogens with one attached hydrogen (secondary N) is 1. The van der Waals surface area contributed by atoms with E-state index in [-0.39, 0.29) is 24.3 Å². The van der Waals surface area contributed by atoms with Crippen LogP contribution < -0.4 is 5.32 Å². The highest BCUT2D eigenvalue weighted by Crippen LogP contribution is 2.28. The standard InChI is InChI=1S/C20H24N4O2/c1-13-4-5-16(10-14(13)2)23-19(25)8-9-24(17-6-7-17)20(26)18-12-21-15(3)11-22-18/h4-5,10-12,17H,6-9H2,1-3H3,(H,23,25). The number of aryl methyl sites for hydroxylation is 3. The number of hydrogen-bond acceptors (Lipinski definition) is 4. The molecule has 1 heterocycles. The third-order valence-corrected chi connectivity index (χ3v) is 4.62. The zero-order chi connectivity index (χ0) is 18.7. The van der Waals surface area contributed by atoms with E-state index >= 15 is 0 Å². The monoisotopic (exact) mass is 352 g/mol. The molecule has 6 heteroatoms. The van der Waals surface area contributed by atoms with Crippen LogP contribution in [0.3, 0.4) is 0 Å². The molecule has 1 fully saturated rings. The molecular formula is C20H24N4O2. The van der Waals surface area contributed by atoms with E-state index in [0.717, 1.165) is 29.8 Å². The summed E-state index contributed by atoms with van der Waals surface area (Å²) in [5, 5.41) is 2.91. The summed E-state index contributed by atoms with van der Waals surface area (Å²) in [7, 11) is 0. The molecule has 0 radical (unpaired) electrons. The van der Waals surface area contributed by atoms with Crippen molar-refractivity contribution in [1.82, 2.24) is 14.9 Å². The number of amides is 2. The maximum absolute atomic E-state index is 12.7. The number of nitrogens with zero attached hydrogens (tertiary/aromatic N) is 3. The van der Waals surface area contributed by atoms with E-state index in [1.807, 2.05) is 39.0 Å². The number of hydrogen-bond donors (Lipinski definition) is 1. The van der Waals surface area contributed by atoms with Crippen molar-refractivity contribution in [2.45, 2.75) is 46.1 Å². The van der Waals surface area contributed by atoms with E-state index in [2.05, 4.69) is 15.3 Å². The van der Waals surface area contributed by atoms with Gasteiger partial charge in [-0.15, -0.1) is 0 Å². The van der Waals surface area contributed by atoms with Gasteiger partial charge < -0.3 is 10.2 Å². The molecule has 0 aliphatic heterocycles. The van der Waals surface area contributed by atoms with E-state index in [9.17, 15) is 9.59 Å². The highest BCUT2D eigenvalue weighted by atomic mass is 16.2. The Morgan fingerprint density at radius 1 is 1.12 bits per heavy atom. The molecule has 6 nitrogen and oxygen atoms in total. The van der Waals surface area contributed by atoms with Crippen molar-refractivity contribution in [1.29, 1.82) is 0 Å². The lowest BCUT2D eigenvalue weighted by Crippen LogP contribution is -2.36. The predicted molar refractivity (Wildman–Crippen MR) is 100.0 cm³/mol. The lowest BCUT2D eigenvalue weighted by Gasteiger charge is -2.21. The van der Waals surface area contributed by atoms with Gasteiger partial charge in [0.25, 0.3) is 5.91 Å². The molecular weight excluding hydrogens is 328 g/mol. The molecule has 1 N–H and O–H groups in total. The maximum atomic E-state index is 12.7. The summed E-state index contributed by atoms with van der Waals surface area (Å²) in [6, 6.07) is 6.05. The van der Waals surface area contributed by atoms with Gasteiger partial charge in [0, 0.05) is 30.9 Å². The van der Waals surface area contributed by atoms with E-state index < -0.39 is 0 Å². The van der Waals surface area contributed by atoms with Crippen LogP contribution in [-0.2, 0) is 4.79 Å². The molecule has 1 aromatic heterocycles. The second-order valence-corrected chi connectivity index (χ2v) is 6.87. The summed E-state index contributed by atoms with van der Waals surface area (Å²) in [4.78, 5) is 35.0. The van der Waals surface area contributed by atoms with Gasteiger partial charge in [0.2, 0.25) is 5.91 Å². The minimum absolute atomic E-state index is 0.0957. The van der Waals surface area contributed by atoms with Gasteiger partial charge in [0.15, 0.2) is 0 Å². The number of rotatable bonds is 6. The third-order valence-electron chi connectivity index (χ3n) is 4.62. The van der Waals surface area contributed by atoms with Crippen molar-refractivity contribution >= 4 is 17.5 Å². The van der Waals surface area contributed by atoms with Gasteiger partial charge in [-0.2, -0.15) is 0 Å². The van der Waals surface area contributed by atoms with Crippen LogP contribution in [0, 0.1) is 20.8 Å². The van der Waals surface area contributed by atoms with Crippen LogP contribution in [0.1, 0.15) is 46.6 Å². The molecule has 0 atom stereocenters. The summed E-state index contributed by atoms with van der Waals surface area (Å²) in [6.45, 7) is 6.27. The van der Waals surface area contributed by atoms with Crippen LogP contribution in [0.2, 0.25) is 0 Å². The number of benzene rings is 1. The van der Waals surface area contributed by atoms with Crippen LogP contribution in [-0.4, -0.2) is 39.3 Å². The number of anilines is 1. The number of aromatic nitrogens is 2. The molecule has 26 heavy (non-hydrogen) atoms. The first kappa shape index (κ1) is 18.0. The van der Waals surface area contributed by atoms with Crippen molar-refractivity contribution in [3.8, 4) is 0 Å². The first-order valence-electron chi connectivity index (χ1n) is 8.91. The number of carbonyl (C=O) groups excluding carboxylic acids is 2. The van der Waals surface area contributed by atoms with Crippen molar-refractivity contribution < 1.29 is 9.59 Å². The lowest BCUT2D eigenvalue weighted by atomic mass is 10.1. The second-order valence-electron chi connectivity index (χ2n) is 6.87. The minimum Gasteiger partial charge on any atom is -0.334 e. The van der Waals surface area contributed by atoms with Crippen molar-refractivity contribution in [2.75, 3.05) is 11.9 Å². The van der Waals surface area contributed by atoms with Crippen LogP contribution in [0.25, 0.3) is 0 Å². The molecule has 2 amide bonds. The molecule has 0 bridgehead atoms. The Kier molecular flexibility index (Phi) is 5.30. The van der Waals surface area contributed by atoms with Crippen molar-refractivity contribution in [3.63, 3.8) is 0 Å². The summed E-state index contributed by atoms with van der Waals surface area (Å²) in [5.41, 5.74) is 4.21.